The van der Waals surface area contributed by atoms with E-state index < -0.39 is 15.3 Å². The van der Waals surface area contributed by atoms with Crippen molar-refractivity contribution in [3.8, 4) is 11.4 Å². The van der Waals surface area contributed by atoms with Gasteiger partial charge >= 0.3 is 0 Å². The van der Waals surface area contributed by atoms with E-state index in [0.29, 0.717) is 33.4 Å². The van der Waals surface area contributed by atoms with Crippen molar-refractivity contribution in [2.24, 2.45) is 0 Å². The molecule has 9 nitrogen and oxygen atoms in total. The Morgan fingerprint density at radius 3 is 2.50 bits per heavy atom. The number of anilines is 2. The van der Waals surface area contributed by atoms with E-state index in [4.69, 9.17) is 9.76 Å². The summed E-state index contributed by atoms with van der Waals surface area (Å²) < 4.78 is 21.3. The van der Waals surface area contributed by atoms with Gasteiger partial charge < -0.3 is 5.32 Å². The Hall–Kier alpha value is -4.18. The molecule has 0 fully saturated rings. The Labute approximate surface area is 182 Å². The Bertz CT molecular complexity index is 1650. The fourth-order valence-corrected chi connectivity index (χ4v) is 3.95. The van der Waals surface area contributed by atoms with Gasteiger partial charge in [0, 0.05) is 28.3 Å². The lowest BCUT2D eigenvalue weighted by Crippen LogP contribution is -2.11. The first-order valence-electron chi connectivity index (χ1n) is 9.62. The molecule has 32 heavy (non-hydrogen) atoms. The molecule has 2 aromatic carbocycles. The lowest BCUT2D eigenvalue weighted by Gasteiger charge is -2.07. The summed E-state index contributed by atoms with van der Waals surface area (Å²) in [6.07, 6.45) is 2.81. The third kappa shape index (κ3) is 3.56. The third-order valence-electron chi connectivity index (χ3n) is 4.87. The number of benzene rings is 2. The highest BCUT2D eigenvalue weighted by Gasteiger charge is 2.16. The maximum absolute atomic E-state index is 12.3. The first-order chi connectivity index (χ1) is 15.4. The number of para-hydroxylation sites is 1. The maximum atomic E-state index is 12.3. The number of rotatable bonds is 4. The lowest BCUT2D eigenvalue weighted by molar-refractivity contribution is 0.679. The summed E-state index contributed by atoms with van der Waals surface area (Å²) in [6, 6.07) is 19.3. The quantitative estimate of drug-likeness (QED) is 0.435. The Kier molecular flexibility index (Phi) is 4.63. The van der Waals surface area contributed by atoms with E-state index in [9.17, 15) is 9.00 Å². The van der Waals surface area contributed by atoms with Gasteiger partial charge in [-0.2, -0.15) is 4.52 Å². The van der Waals surface area contributed by atoms with E-state index in [-0.39, 0.29) is 5.69 Å². The third-order valence-corrected chi connectivity index (χ3v) is 6.04. The molecule has 0 radical (unpaired) electrons. The molecular formula is C22H17N7O2S. The largest absolute Gasteiger partial charge is 0.319 e. The van der Waals surface area contributed by atoms with Gasteiger partial charge in [-0.05, 0) is 48.5 Å². The van der Waals surface area contributed by atoms with Crippen molar-refractivity contribution in [1.29, 1.82) is 4.78 Å². The zero-order valence-corrected chi connectivity index (χ0v) is 17.7. The molecule has 10 heteroatoms. The van der Waals surface area contributed by atoms with Gasteiger partial charge in [0.25, 0.3) is 5.56 Å². The topological polar surface area (TPSA) is 126 Å². The SMILES string of the molecule is C[S@](=N)(=O)c1ccc(-c2nc3c4ccccc4nc(Nc4ccccnc4=O)n3n2)cc1. The van der Waals surface area contributed by atoms with Gasteiger partial charge in [-0.15, -0.1) is 5.10 Å². The van der Waals surface area contributed by atoms with Gasteiger partial charge in [0.1, 0.15) is 5.69 Å². The Morgan fingerprint density at radius 2 is 1.72 bits per heavy atom. The van der Waals surface area contributed by atoms with E-state index in [1.54, 1.807) is 47.0 Å². The minimum absolute atomic E-state index is 0.258. The summed E-state index contributed by atoms with van der Waals surface area (Å²) in [5.74, 6) is 0.756. The zero-order valence-electron chi connectivity index (χ0n) is 16.9. The first-order valence-corrected chi connectivity index (χ1v) is 11.6. The van der Waals surface area contributed by atoms with Gasteiger partial charge in [0.15, 0.2) is 11.5 Å². The molecule has 2 N–H and O–H groups in total. The Morgan fingerprint density at radius 1 is 0.969 bits per heavy atom. The number of nitrogens with zero attached hydrogens (tertiary/aromatic N) is 5. The molecule has 0 spiro atoms. The molecule has 0 amide bonds. The second-order valence-corrected chi connectivity index (χ2v) is 9.32. The van der Waals surface area contributed by atoms with Crippen LogP contribution in [0.5, 0.6) is 0 Å². The fraction of sp³-hybridized carbons (Fsp3) is 0.0455. The fourth-order valence-electron chi connectivity index (χ4n) is 3.29. The van der Waals surface area contributed by atoms with E-state index in [0.717, 1.165) is 5.39 Å². The first kappa shape index (κ1) is 19.8. The number of aromatic nitrogens is 5. The van der Waals surface area contributed by atoms with Crippen LogP contribution in [0.15, 0.2) is 82.6 Å². The van der Waals surface area contributed by atoms with Crippen molar-refractivity contribution in [3.05, 3.63) is 83.3 Å². The standard InChI is InChI=1S/C22H17N7O2S/c1-32(23,31)15-11-9-14(10-12-15)19-27-20-16-6-2-3-7-17(16)25-22(29(20)28-19)26-18-8-4-5-13-24-21(18)30/h2-13,23H,1H3,(H,24,25,26,30)/t32-/m0/s1. The van der Waals surface area contributed by atoms with E-state index in [2.05, 4.69) is 20.4 Å². The van der Waals surface area contributed by atoms with E-state index >= 15 is 0 Å². The molecule has 0 saturated carbocycles. The predicted octanol–water partition coefficient (Wildman–Crippen LogP) is 3.48. The van der Waals surface area contributed by atoms with Crippen LogP contribution in [0.2, 0.25) is 0 Å². The van der Waals surface area contributed by atoms with Gasteiger partial charge in [-0.3, -0.25) is 4.79 Å². The second kappa shape index (κ2) is 7.50. The molecule has 3 aromatic heterocycles. The number of fused-ring (bicyclic) bond motifs is 3. The Balaban J connectivity index is 1.70. The average Bonchev–Trinajstić information content (AvgIpc) is 3.14. The highest BCUT2D eigenvalue weighted by Crippen LogP contribution is 2.25. The monoisotopic (exact) mass is 443 g/mol. The van der Waals surface area contributed by atoms with Crippen LogP contribution in [0.4, 0.5) is 11.6 Å². The maximum Gasteiger partial charge on any atom is 0.293 e. The van der Waals surface area contributed by atoms with Crippen LogP contribution in [0, 0.1) is 4.78 Å². The smallest absolute Gasteiger partial charge is 0.293 e. The molecule has 158 valence electrons. The molecule has 0 aliphatic heterocycles. The van der Waals surface area contributed by atoms with E-state index in [1.807, 2.05) is 24.3 Å². The summed E-state index contributed by atoms with van der Waals surface area (Å²) in [7, 11) is -2.81. The molecule has 5 aromatic rings. The van der Waals surface area contributed by atoms with Gasteiger partial charge in [0.2, 0.25) is 5.95 Å². The minimum Gasteiger partial charge on any atom is -0.319 e. The summed E-state index contributed by atoms with van der Waals surface area (Å²) in [6.45, 7) is 0. The average molecular weight is 443 g/mol. The van der Waals surface area contributed by atoms with Crippen molar-refractivity contribution in [1.82, 2.24) is 24.6 Å². The predicted molar refractivity (Wildman–Crippen MR) is 123 cm³/mol. The van der Waals surface area contributed by atoms with Gasteiger partial charge in [-0.1, -0.05) is 18.2 Å². The summed E-state index contributed by atoms with van der Waals surface area (Å²) in [5.41, 5.74) is 1.80. The van der Waals surface area contributed by atoms with Crippen LogP contribution in [0.3, 0.4) is 0 Å². The molecule has 5 rings (SSSR count). The number of nitrogens with one attached hydrogen (secondary N) is 2. The highest BCUT2D eigenvalue weighted by atomic mass is 32.2. The van der Waals surface area contributed by atoms with E-state index in [1.165, 1.54) is 12.5 Å². The van der Waals surface area contributed by atoms with Crippen LogP contribution in [-0.4, -0.2) is 35.0 Å². The van der Waals surface area contributed by atoms with Crippen LogP contribution < -0.4 is 10.9 Å². The normalized spacial score (nSPS) is 13.2. The molecule has 1 atom stereocenters. The molecule has 3 heterocycles. The molecule has 0 saturated heterocycles. The van der Waals surface area contributed by atoms with Gasteiger partial charge in [-0.25, -0.2) is 23.9 Å². The summed E-state index contributed by atoms with van der Waals surface area (Å²) >= 11 is 0. The lowest BCUT2D eigenvalue weighted by atomic mass is 10.2. The van der Waals surface area contributed by atoms with Crippen molar-refractivity contribution in [2.75, 3.05) is 11.6 Å². The number of hydrogen-bond donors (Lipinski definition) is 2. The summed E-state index contributed by atoms with van der Waals surface area (Å²) in [4.78, 5) is 25.9. The van der Waals surface area contributed by atoms with Crippen LogP contribution in [0.25, 0.3) is 27.9 Å². The van der Waals surface area contributed by atoms with Gasteiger partial charge in [0.05, 0.1) is 15.2 Å². The van der Waals surface area contributed by atoms with Crippen LogP contribution >= 0.6 is 0 Å². The van der Waals surface area contributed by atoms with Crippen molar-refractivity contribution >= 4 is 37.9 Å². The van der Waals surface area contributed by atoms with Crippen molar-refractivity contribution < 1.29 is 4.21 Å². The minimum atomic E-state index is -2.81. The molecule has 0 unspecified atom stereocenters. The molecule has 0 aliphatic rings. The zero-order chi connectivity index (χ0) is 22.3. The van der Waals surface area contributed by atoms with Crippen molar-refractivity contribution in [3.63, 3.8) is 0 Å². The van der Waals surface area contributed by atoms with Crippen LogP contribution in [-0.2, 0) is 9.73 Å². The van der Waals surface area contributed by atoms with Crippen molar-refractivity contribution in [2.45, 2.75) is 4.90 Å². The molecular weight excluding hydrogens is 426 g/mol. The highest BCUT2D eigenvalue weighted by molar-refractivity contribution is 7.91. The van der Waals surface area contributed by atoms with Crippen LogP contribution in [0.1, 0.15) is 0 Å². The second-order valence-electron chi connectivity index (χ2n) is 7.16. The number of hydrogen-bond acceptors (Lipinski definition) is 8. The molecule has 0 aliphatic carbocycles. The molecule has 0 bridgehead atoms. The summed E-state index contributed by atoms with van der Waals surface area (Å²) in [5, 5.41) is 8.44.